The topological polar surface area (TPSA) is 19.7 Å². The number of hydrogen-bond donors (Lipinski definition) is 0. The maximum Gasteiger partial charge on any atom is 0.0804 e. The van der Waals surface area contributed by atoms with Gasteiger partial charge in [0.2, 0.25) is 0 Å². The van der Waals surface area contributed by atoms with Crippen molar-refractivity contribution in [2.24, 2.45) is 0 Å². The summed E-state index contributed by atoms with van der Waals surface area (Å²) in [4.78, 5) is 0. The van der Waals surface area contributed by atoms with Gasteiger partial charge < -0.3 is 18.3 Å². The Morgan fingerprint density at radius 3 is 0.542 bits per heavy atom. The van der Waals surface area contributed by atoms with Crippen LogP contribution in [0, 0.1) is 0 Å². The van der Waals surface area contributed by atoms with Crippen LogP contribution in [0.3, 0.4) is 0 Å². The van der Waals surface area contributed by atoms with Crippen LogP contribution in [-0.2, 0) is 43.3 Å². The van der Waals surface area contributed by atoms with E-state index < -0.39 is 0 Å². The molecule has 0 N–H and O–H groups in total. The van der Waals surface area contributed by atoms with Gasteiger partial charge in [-0.2, -0.15) is 0 Å². The first-order valence-corrected chi connectivity index (χ1v) is 35.3. The smallest absolute Gasteiger partial charge is 0.0804 e. The molecule has 0 spiro atoms. The summed E-state index contributed by atoms with van der Waals surface area (Å²) in [7, 11) is 0. The van der Waals surface area contributed by atoms with Crippen LogP contribution in [0.25, 0.3) is 121 Å². The minimum absolute atomic E-state index is 0.0919. The number of aromatic nitrogens is 4. The van der Waals surface area contributed by atoms with Gasteiger partial charge in [-0.3, -0.25) is 0 Å². The van der Waals surface area contributed by atoms with Crippen LogP contribution in [-0.4, -0.2) is 18.3 Å². The molecule has 0 fully saturated rings. The highest BCUT2D eigenvalue weighted by atomic mass is 15.1. The summed E-state index contributed by atoms with van der Waals surface area (Å²) in [6.07, 6.45) is 0. The minimum atomic E-state index is -0.0972. The van der Waals surface area contributed by atoms with Crippen LogP contribution >= 0.6 is 0 Å². The van der Waals surface area contributed by atoms with Gasteiger partial charge in [-0.1, -0.05) is 245 Å². The number of benzene rings is 10. The van der Waals surface area contributed by atoms with Gasteiger partial charge in [0.05, 0.1) is 66.9 Å². The van der Waals surface area contributed by atoms with Crippen LogP contribution in [0.2, 0.25) is 0 Å². The normalized spacial score (nSPS) is 13.6. The highest BCUT2D eigenvalue weighted by Crippen LogP contribution is 2.52. The van der Waals surface area contributed by atoms with Crippen molar-refractivity contribution in [3.05, 3.63) is 226 Å². The van der Waals surface area contributed by atoms with Gasteiger partial charge in [0.25, 0.3) is 0 Å². The summed E-state index contributed by atoms with van der Waals surface area (Å²) in [5, 5.41) is 10.0. The Balaban J connectivity index is 1.33. The molecule has 4 nitrogen and oxygen atoms in total. The van der Waals surface area contributed by atoms with E-state index in [0.717, 1.165) is 33.9 Å². The standard InChI is InChI=1S/C92H102N4/c1-85(2,3)56-30-38-72-64(46-56)65-47-57(86(4,5)6)31-39-73(65)93(72)80-54-81(94-74-40-32-58(87(7,8)9)48-66(74)67-49-59(88(10,11)12)33-41-75(67)94)84(96-78-44-36-62(91(19,20)21)52-70(78)71-53-63(92(22,23)24)37-45-79(71)96)82(55-28-26-25-27-29-55)83(80)95-76-42-34-60(89(13,14)15)50-68(76)69-51-61(90(16,17)18)35-43-77(69)95/h25-54H,1-24H3. The number of rotatable bonds is 5. The maximum atomic E-state index is 2.69. The summed E-state index contributed by atoms with van der Waals surface area (Å²) >= 11 is 0. The van der Waals surface area contributed by atoms with E-state index in [-0.39, 0.29) is 43.3 Å². The molecular formula is C92H102N4. The Hall–Kier alpha value is -8.60. The van der Waals surface area contributed by atoms with Crippen molar-refractivity contribution in [1.29, 1.82) is 0 Å². The van der Waals surface area contributed by atoms with E-state index in [1.165, 1.54) is 132 Å². The monoisotopic (exact) mass is 1260 g/mol. The predicted octanol–water partition coefficient (Wildman–Crippen LogP) is 26.1. The molecule has 0 saturated carbocycles. The second-order valence-electron chi connectivity index (χ2n) is 36.6. The molecule has 14 rings (SSSR count). The molecule has 490 valence electrons. The second kappa shape index (κ2) is 21.4. The van der Waals surface area contributed by atoms with Crippen molar-refractivity contribution < 1.29 is 0 Å². The van der Waals surface area contributed by atoms with E-state index in [0.29, 0.717) is 0 Å². The van der Waals surface area contributed by atoms with Gasteiger partial charge in [-0.05, 0) is 197 Å². The highest BCUT2D eigenvalue weighted by molar-refractivity contribution is 6.17. The van der Waals surface area contributed by atoms with Gasteiger partial charge in [-0.15, -0.1) is 0 Å². The second-order valence-corrected chi connectivity index (χ2v) is 36.6. The third kappa shape index (κ3) is 10.6. The van der Waals surface area contributed by atoms with Crippen LogP contribution in [0.5, 0.6) is 0 Å². The maximum absolute atomic E-state index is 2.69. The third-order valence-electron chi connectivity index (χ3n) is 21.2. The Labute approximate surface area is 572 Å². The summed E-state index contributed by atoms with van der Waals surface area (Å²) in [5.41, 5.74) is 25.8. The van der Waals surface area contributed by atoms with Crippen LogP contribution in [0.1, 0.15) is 211 Å². The van der Waals surface area contributed by atoms with Crippen molar-refractivity contribution in [2.75, 3.05) is 0 Å². The van der Waals surface area contributed by atoms with Crippen molar-refractivity contribution in [1.82, 2.24) is 18.3 Å². The largest absolute Gasteiger partial charge is 0.307 e. The lowest BCUT2D eigenvalue weighted by Gasteiger charge is -2.28. The quantitative estimate of drug-likeness (QED) is 0.164. The molecule has 0 aliphatic heterocycles. The average Bonchev–Trinajstić information content (AvgIpc) is 1.46. The van der Waals surface area contributed by atoms with Gasteiger partial charge in [0.1, 0.15) is 0 Å². The molecular weight excluding hydrogens is 1160 g/mol. The fraction of sp³-hybridized carbons (Fsp3) is 0.348. The van der Waals surface area contributed by atoms with Crippen molar-refractivity contribution in [2.45, 2.75) is 209 Å². The molecule has 10 aromatic carbocycles. The molecule has 0 aliphatic carbocycles. The van der Waals surface area contributed by atoms with E-state index in [9.17, 15) is 0 Å². The Bertz CT molecular complexity index is 4900. The molecule has 0 atom stereocenters. The molecule has 0 amide bonds. The summed E-state index contributed by atoms with van der Waals surface area (Å²) < 4.78 is 10.7. The first-order valence-electron chi connectivity index (χ1n) is 35.3. The zero-order chi connectivity index (χ0) is 68.8. The van der Waals surface area contributed by atoms with Crippen molar-refractivity contribution >= 4 is 87.2 Å². The lowest BCUT2D eigenvalue weighted by atomic mass is 9.85. The first-order chi connectivity index (χ1) is 44.7. The minimum Gasteiger partial charge on any atom is -0.307 e. The van der Waals surface area contributed by atoms with Crippen LogP contribution < -0.4 is 0 Å². The molecule has 0 bridgehead atoms. The Kier molecular flexibility index (Phi) is 14.5. The summed E-state index contributed by atoms with van der Waals surface area (Å²) in [6.45, 7) is 56.5. The lowest BCUT2D eigenvalue weighted by Crippen LogP contribution is -2.14. The van der Waals surface area contributed by atoms with E-state index in [1.807, 2.05) is 0 Å². The highest BCUT2D eigenvalue weighted by Gasteiger charge is 2.35. The van der Waals surface area contributed by atoms with E-state index in [2.05, 4.69) is 366 Å². The fourth-order valence-corrected chi connectivity index (χ4v) is 15.1. The molecule has 0 unspecified atom stereocenters. The summed E-state index contributed by atoms with van der Waals surface area (Å²) in [5.74, 6) is 0. The van der Waals surface area contributed by atoms with E-state index in [4.69, 9.17) is 0 Å². The molecule has 4 heteroatoms. The molecule has 4 heterocycles. The molecule has 14 aromatic rings. The van der Waals surface area contributed by atoms with Crippen molar-refractivity contribution in [3.8, 4) is 33.9 Å². The van der Waals surface area contributed by atoms with Gasteiger partial charge in [0.15, 0.2) is 0 Å². The molecule has 4 aromatic heterocycles. The first kappa shape index (κ1) is 64.7. The fourth-order valence-electron chi connectivity index (χ4n) is 15.1. The average molecular weight is 1260 g/mol. The van der Waals surface area contributed by atoms with Crippen molar-refractivity contribution in [3.63, 3.8) is 0 Å². The van der Waals surface area contributed by atoms with E-state index in [1.54, 1.807) is 0 Å². The number of hydrogen-bond acceptors (Lipinski definition) is 0. The van der Waals surface area contributed by atoms with E-state index >= 15 is 0 Å². The predicted molar refractivity (Wildman–Crippen MR) is 419 cm³/mol. The third-order valence-corrected chi connectivity index (χ3v) is 21.2. The van der Waals surface area contributed by atoms with Crippen LogP contribution in [0.15, 0.2) is 182 Å². The molecule has 0 saturated heterocycles. The van der Waals surface area contributed by atoms with Gasteiger partial charge in [0, 0.05) is 48.7 Å². The molecule has 96 heavy (non-hydrogen) atoms. The van der Waals surface area contributed by atoms with Gasteiger partial charge in [-0.25, -0.2) is 0 Å². The number of nitrogens with zero attached hydrogens (tertiary/aromatic N) is 4. The lowest BCUT2D eigenvalue weighted by molar-refractivity contribution is 0.590. The molecule has 0 radical (unpaired) electrons. The SMILES string of the molecule is CC(C)(C)c1ccc2c(c1)c1cc(C(C)(C)C)ccc1n2-c1cc(-n2c3ccc(C(C)(C)C)cc3c3cc(C(C)(C)C)ccc32)c(-n2c3ccc(C(C)(C)C)cc3c3cc(C(C)(C)C)ccc32)c(-c2ccccc2)c1-n1c2ccc(C(C)(C)C)cc2c2cc(C(C)(C)C)ccc21. The number of fused-ring (bicyclic) bond motifs is 12. The summed E-state index contributed by atoms with van der Waals surface area (Å²) in [6, 6.07) is 73.0. The zero-order valence-corrected chi connectivity index (χ0v) is 62.1. The Morgan fingerprint density at radius 2 is 0.365 bits per heavy atom. The molecule has 0 aliphatic rings. The van der Waals surface area contributed by atoms with Gasteiger partial charge >= 0.3 is 0 Å². The Morgan fingerprint density at radius 1 is 0.188 bits per heavy atom. The zero-order valence-electron chi connectivity index (χ0n) is 62.1. The van der Waals surface area contributed by atoms with Crippen LogP contribution in [0.4, 0.5) is 0 Å².